The van der Waals surface area contributed by atoms with Crippen molar-refractivity contribution in [2.45, 2.75) is 12.5 Å². The summed E-state index contributed by atoms with van der Waals surface area (Å²) in [7, 11) is 3.20. The molecule has 0 unspecified atom stereocenters. The zero-order valence-corrected chi connectivity index (χ0v) is 10.5. The normalized spacial score (nSPS) is 12.0. The van der Waals surface area contributed by atoms with Gasteiger partial charge in [-0.25, -0.2) is 0 Å². The number of rotatable bonds is 7. The molecule has 0 saturated carbocycles. The third kappa shape index (κ3) is 4.02. The Labute approximate surface area is 82.3 Å². The largest absolute Gasteiger partial charge is 0.463 e. The average molecular weight is 227 g/mol. The van der Waals surface area contributed by atoms with Crippen LogP contribution < -0.4 is 0 Å². The summed E-state index contributed by atoms with van der Waals surface area (Å²) in [6.45, 7) is 0. The Balaban J connectivity index is 3.76. The van der Waals surface area contributed by atoms with Gasteiger partial charge in [-0.05, 0) is 6.42 Å². The van der Waals surface area contributed by atoms with E-state index in [0.717, 1.165) is 12.5 Å². The molecular formula is C6H15ClO3Si2. The first kappa shape index (κ1) is 12.6. The second kappa shape index (κ2) is 7.05. The van der Waals surface area contributed by atoms with Gasteiger partial charge in [0.2, 0.25) is 0 Å². The fourth-order valence-electron chi connectivity index (χ4n) is 0.775. The van der Waals surface area contributed by atoms with Crippen molar-refractivity contribution in [1.82, 2.24) is 0 Å². The van der Waals surface area contributed by atoms with Gasteiger partial charge in [0.15, 0.2) is 0 Å². The fourth-order valence-corrected chi connectivity index (χ4v) is 5.47. The van der Waals surface area contributed by atoms with E-state index in [-0.39, 0.29) is 0 Å². The molecule has 0 aromatic rings. The van der Waals surface area contributed by atoms with Crippen LogP contribution in [0.25, 0.3) is 0 Å². The van der Waals surface area contributed by atoms with E-state index in [0.29, 0.717) is 14.9 Å². The lowest BCUT2D eigenvalue weighted by Crippen LogP contribution is -2.49. The van der Waals surface area contributed by atoms with Gasteiger partial charge in [0.05, 0.1) is 0 Å². The minimum Gasteiger partial charge on any atom is -0.380 e. The van der Waals surface area contributed by atoms with Crippen LogP contribution in [0.2, 0.25) is 6.04 Å². The summed E-state index contributed by atoms with van der Waals surface area (Å²) >= 11 is 5.56. The van der Waals surface area contributed by atoms with E-state index in [1.54, 1.807) is 21.3 Å². The minimum atomic E-state index is -2.29. The maximum absolute atomic E-state index is 5.56. The Morgan fingerprint density at radius 3 is 2.00 bits per heavy atom. The molecule has 2 radical (unpaired) electrons. The first-order valence-electron chi connectivity index (χ1n) is 3.71. The van der Waals surface area contributed by atoms with Crippen LogP contribution in [-0.4, -0.2) is 44.6 Å². The Morgan fingerprint density at radius 1 is 1.17 bits per heavy atom. The summed E-state index contributed by atoms with van der Waals surface area (Å²) < 4.78 is 15.7. The van der Waals surface area contributed by atoms with Crippen molar-refractivity contribution in [3.63, 3.8) is 0 Å². The Kier molecular flexibility index (Phi) is 7.40. The maximum Gasteiger partial charge on any atom is 0.463 e. The van der Waals surface area contributed by atoms with Crippen LogP contribution in [0, 0.1) is 0 Å². The van der Waals surface area contributed by atoms with Gasteiger partial charge in [-0.2, -0.15) is 0 Å². The fraction of sp³-hybridized carbons (Fsp3) is 1.00. The van der Waals surface area contributed by atoms with E-state index < -0.39 is 8.32 Å². The highest BCUT2D eigenvalue weighted by Gasteiger charge is 2.36. The summed E-state index contributed by atoms with van der Waals surface area (Å²) in [6.07, 6.45) is 0.991. The van der Waals surface area contributed by atoms with Crippen LogP contribution in [0.4, 0.5) is 0 Å². The summed E-state index contributed by atoms with van der Waals surface area (Å²) in [5.74, 6) is 0.689. The van der Waals surface area contributed by atoms with E-state index in [9.17, 15) is 0 Å². The Bertz CT molecular complexity index is 103. The molecule has 72 valence electrons. The molecule has 0 amide bonds. The van der Waals surface area contributed by atoms with Crippen LogP contribution in [-0.2, 0) is 13.3 Å². The minimum absolute atomic E-state index is 0.588. The smallest absolute Gasteiger partial charge is 0.380 e. The predicted octanol–water partition coefficient (Wildman–Crippen LogP) is 1.11. The van der Waals surface area contributed by atoms with E-state index in [1.165, 1.54) is 0 Å². The number of hydrogen-bond acceptors (Lipinski definition) is 3. The first-order valence-corrected chi connectivity index (χ1v) is 8.17. The first-order chi connectivity index (χ1) is 5.74. The lowest BCUT2D eigenvalue weighted by molar-refractivity contribution is 0.148. The standard InChI is InChI=1S/C6H15ClO3Si2/c1-8-12(9-2,10-3)11-6-4-5-7/h4-6H2,1-3H3. The highest BCUT2D eigenvalue weighted by molar-refractivity contribution is 7.14. The van der Waals surface area contributed by atoms with Crippen LogP contribution in [0.15, 0.2) is 0 Å². The molecule has 0 N–H and O–H groups in total. The molecule has 0 fully saturated rings. The molecule has 0 aliphatic carbocycles. The molecular weight excluding hydrogens is 212 g/mol. The molecule has 0 atom stereocenters. The van der Waals surface area contributed by atoms with Gasteiger partial charge in [-0.15, -0.1) is 11.6 Å². The van der Waals surface area contributed by atoms with Gasteiger partial charge in [0.25, 0.3) is 0 Å². The number of alkyl halides is 1. The third-order valence-corrected chi connectivity index (χ3v) is 8.26. The van der Waals surface area contributed by atoms with Crippen molar-refractivity contribution in [2.75, 3.05) is 27.2 Å². The lowest BCUT2D eigenvalue weighted by Gasteiger charge is -2.23. The van der Waals surface area contributed by atoms with E-state index in [4.69, 9.17) is 24.9 Å². The second-order valence-corrected chi connectivity index (χ2v) is 8.60. The molecule has 0 bridgehead atoms. The van der Waals surface area contributed by atoms with E-state index in [1.807, 2.05) is 0 Å². The highest BCUT2D eigenvalue weighted by atomic mass is 35.5. The van der Waals surface area contributed by atoms with Crippen molar-refractivity contribution in [3.8, 4) is 0 Å². The van der Waals surface area contributed by atoms with Crippen molar-refractivity contribution in [1.29, 1.82) is 0 Å². The van der Waals surface area contributed by atoms with Gasteiger partial charge < -0.3 is 13.3 Å². The van der Waals surface area contributed by atoms with Crippen LogP contribution in [0.5, 0.6) is 0 Å². The van der Waals surface area contributed by atoms with Gasteiger partial charge in [0.1, 0.15) is 9.04 Å². The zero-order valence-electron chi connectivity index (χ0n) is 7.72. The second-order valence-electron chi connectivity index (χ2n) is 2.14. The lowest BCUT2D eigenvalue weighted by atomic mass is 10.6. The van der Waals surface area contributed by atoms with Crippen LogP contribution >= 0.6 is 11.6 Å². The van der Waals surface area contributed by atoms with E-state index >= 15 is 0 Å². The third-order valence-electron chi connectivity index (χ3n) is 1.46. The van der Waals surface area contributed by atoms with Crippen LogP contribution in [0.1, 0.15) is 6.42 Å². The van der Waals surface area contributed by atoms with Gasteiger partial charge >= 0.3 is 8.32 Å². The zero-order chi connectivity index (χ0) is 9.45. The summed E-state index contributed by atoms with van der Waals surface area (Å²) in [5.41, 5.74) is 0. The van der Waals surface area contributed by atoms with E-state index in [2.05, 4.69) is 0 Å². The van der Waals surface area contributed by atoms with Crippen molar-refractivity contribution in [3.05, 3.63) is 0 Å². The topological polar surface area (TPSA) is 27.7 Å². The molecule has 0 aromatic heterocycles. The molecule has 0 aliphatic heterocycles. The molecule has 3 nitrogen and oxygen atoms in total. The molecule has 12 heavy (non-hydrogen) atoms. The molecule has 0 saturated heterocycles. The van der Waals surface area contributed by atoms with Crippen molar-refractivity contribution < 1.29 is 13.3 Å². The predicted molar refractivity (Wildman–Crippen MR) is 52.7 cm³/mol. The number of hydrogen-bond donors (Lipinski definition) is 0. The van der Waals surface area contributed by atoms with Crippen molar-refractivity contribution in [2.24, 2.45) is 0 Å². The Hall–Kier alpha value is 0.604. The van der Waals surface area contributed by atoms with Gasteiger partial charge in [-0.3, -0.25) is 0 Å². The highest BCUT2D eigenvalue weighted by Crippen LogP contribution is 2.07. The van der Waals surface area contributed by atoms with Crippen molar-refractivity contribution >= 4 is 29.0 Å². The Morgan fingerprint density at radius 2 is 1.67 bits per heavy atom. The van der Waals surface area contributed by atoms with Crippen LogP contribution in [0.3, 0.4) is 0 Å². The summed E-state index contributed by atoms with van der Waals surface area (Å²) in [5, 5.41) is 0. The maximum atomic E-state index is 5.56. The monoisotopic (exact) mass is 226 g/mol. The summed E-state index contributed by atoms with van der Waals surface area (Å²) in [4.78, 5) is 0. The summed E-state index contributed by atoms with van der Waals surface area (Å²) in [6, 6.07) is 1.02. The molecule has 0 aromatic carbocycles. The molecule has 0 spiro atoms. The SMILES string of the molecule is CO[Si](OC)(OC)[Si]CCCCl. The molecule has 0 heterocycles. The average Bonchev–Trinajstić information content (AvgIpc) is 2.14. The molecule has 0 rings (SSSR count). The van der Waals surface area contributed by atoms with Gasteiger partial charge in [0, 0.05) is 27.2 Å². The molecule has 6 heteroatoms. The molecule has 0 aliphatic rings. The number of halogens is 1. The van der Waals surface area contributed by atoms with Gasteiger partial charge in [-0.1, -0.05) is 6.04 Å². The quantitative estimate of drug-likeness (QED) is 0.370.